The third-order valence-corrected chi connectivity index (χ3v) is 4.38. The van der Waals surface area contributed by atoms with Gasteiger partial charge in [0.15, 0.2) is 5.82 Å². The van der Waals surface area contributed by atoms with Gasteiger partial charge in [0.25, 0.3) is 0 Å². The van der Waals surface area contributed by atoms with Gasteiger partial charge in [-0.2, -0.15) is 4.98 Å². The Morgan fingerprint density at radius 2 is 2.00 bits per heavy atom. The monoisotopic (exact) mass is 395 g/mol. The smallest absolute Gasteiger partial charge is 0.347 e. The highest BCUT2D eigenvalue weighted by molar-refractivity contribution is 6.30. The average Bonchev–Trinajstić information content (AvgIpc) is 2.64. The molecule has 0 saturated carbocycles. The number of hydrogen-bond donors (Lipinski definition) is 1. The van der Waals surface area contributed by atoms with Gasteiger partial charge >= 0.3 is 5.97 Å². The van der Waals surface area contributed by atoms with Crippen LogP contribution in [0.5, 0.6) is 5.88 Å². The molecule has 0 bridgehead atoms. The first-order valence-electron chi connectivity index (χ1n) is 8.36. The number of nitrogens with zero attached hydrogens (tertiary/aromatic N) is 3. The average molecular weight is 396 g/mol. The van der Waals surface area contributed by atoms with Gasteiger partial charge in [-0.1, -0.05) is 11.6 Å². The minimum atomic E-state index is -1.49. The van der Waals surface area contributed by atoms with Crippen LogP contribution >= 0.6 is 11.6 Å². The molecule has 0 amide bonds. The molecule has 1 aliphatic rings. The van der Waals surface area contributed by atoms with E-state index in [1.165, 1.54) is 26.0 Å². The maximum absolute atomic E-state index is 13.9. The molecule has 0 atom stereocenters. The lowest BCUT2D eigenvalue weighted by atomic mass is 10.1. The summed E-state index contributed by atoms with van der Waals surface area (Å²) in [6.45, 7) is 5.18. The van der Waals surface area contributed by atoms with Gasteiger partial charge in [-0.3, -0.25) is 0 Å². The number of carboxylic acid groups (broad SMARTS) is 1. The number of aliphatic carboxylic acids is 1. The van der Waals surface area contributed by atoms with Gasteiger partial charge in [0, 0.05) is 24.7 Å². The van der Waals surface area contributed by atoms with Gasteiger partial charge in [0.1, 0.15) is 11.6 Å². The summed E-state index contributed by atoms with van der Waals surface area (Å²) < 4.78 is 24.8. The Morgan fingerprint density at radius 1 is 1.30 bits per heavy atom. The summed E-state index contributed by atoms with van der Waals surface area (Å²) in [5, 5.41) is 9.31. The largest absolute Gasteiger partial charge is 0.478 e. The minimum Gasteiger partial charge on any atom is -0.478 e. The molecule has 0 radical (unpaired) electrons. The number of benzene rings is 1. The van der Waals surface area contributed by atoms with Crippen molar-refractivity contribution in [3.05, 3.63) is 35.1 Å². The summed E-state index contributed by atoms with van der Waals surface area (Å²) in [5.41, 5.74) is -1.08. The number of rotatable bonds is 5. The fourth-order valence-corrected chi connectivity index (χ4v) is 2.61. The summed E-state index contributed by atoms with van der Waals surface area (Å²) in [5.74, 6) is -0.874. The SMILES string of the molecule is CC(C)(Oc1cc(N2CCOCC2)nc(-c2ccc(Cl)c(F)c2)n1)C(=O)O. The fourth-order valence-electron chi connectivity index (χ4n) is 2.49. The van der Waals surface area contributed by atoms with Crippen molar-refractivity contribution in [3.8, 4) is 17.3 Å². The van der Waals surface area contributed by atoms with Crippen molar-refractivity contribution in [1.29, 1.82) is 0 Å². The van der Waals surface area contributed by atoms with Crippen LogP contribution in [0, 0.1) is 5.82 Å². The molecule has 0 aliphatic carbocycles. The van der Waals surface area contributed by atoms with Crippen LogP contribution in [0.1, 0.15) is 13.8 Å². The summed E-state index contributed by atoms with van der Waals surface area (Å²) in [4.78, 5) is 22.1. The van der Waals surface area contributed by atoms with E-state index in [9.17, 15) is 14.3 Å². The Labute approximate surface area is 160 Å². The van der Waals surface area contributed by atoms with Gasteiger partial charge in [-0.05, 0) is 32.0 Å². The van der Waals surface area contributed by atoms with Crippen molar-refractivity contribution >= 4 is 23.4 Å². The van der Waals surface area contributed by atoms with Gasteiger partial charge in [0.05, 0.1) is 18.2 Å². The molecular weight excluding hydrogens is 377 g/mol. The molecule has 27 heavy (non-hydrogen) atoms. The van der Waals surface area contributed by atoms with E-state index < -0.39 is 17.4 Å². The van der Waals surface area contributed by atoms with E-state index in [1.807, 2.05) is 4.90 Å². The molecule has 1 aromatic carbocycles. The van der Waals surface area contributed by atoms with E-state index in [0.29, 0.717) is 37.7 Å². The molecule has 1 N–H and O–H groups in total. The van der Waals surface area contributed by atoms with Crippen molar-refractivity contribution in [1.82, 2.24) is 9.97 Å². The van der Waals surface area contributed by atoms with Crippen LogP contribution in [0.2, 0.25) is 5.02 Å². The highest BCUT2D eigenvalue weighted by Gasteiger charge is 2.30. The summed E-state index contributed by atoms with van der Waals surface area (Å²) in [7, 11) is 0. The maximum Gasteiger partial charge on any atom is 0.347 e. The molecule has 1 aromatic heterocycles. The van der Waals surface area contributed by atoms with E-state index >= 15 is 0 Å². The number of hydrogen-bond acceptors (Lipinski definition) is 6. The van der Waals surface area contributed by atoms with Gasteiger partial charge in [0.2, 0.25) is 11.5 Å². The second-order valence-electron chi connectivity index (χ2n) is 6.53. The minimum absolute atomic E-state index is 0.00781. The quantitative estimate of drug-likeness (QED) is 0.832. The van der Waals surface area contributed by atoms with Gasteiger partial charge < -0.3 is 19.5 Å². The predicted molar refractivity (Wildman–Crippen MR) is 97.8 cm³/mol. The number of ether oxygens (including phenoxy) is 2. The standard InChI is InChI=1S/C18H19ClFN3O4/c1-18(2,17(24)25)27-15-10-14(23-5-7-26-8-6-23)21-16(22-15)11-3-4-12(19)13(20)9-11/h3-4,9-10H,5-8H2,1-2H3,(H,24,25). The molecule has 3 rings (SSSR count). The summed E-state index contributed by atoms with van der Waals surface area (Å²) >= 11 is 5.75. The zero-order chi connectivity index (χ0) is 19.6. The number of carboxylic acids is 1. The lowest BCUT2D eigenvalue weighted by Gasteiger charge is -2.29. The van der Waals surface area contributed by atoms with Crippen molar-refractivity contribution in [2.45, 2.75) is 19.4 Å². The molecule has 1 fully saturated rings. The Balaban J connectivity index is 2.04. The summed E-state index contributed by atoms with van der Waals surface area (Å²) in [6.07, 6.45) is 0. The zero-order valence-electron chi connectivity index (χ0n) is 14.9. The lowest BCUT2D eigenvalue weighted by Crippen LogP contribution is -2.39. The number of halogens is 2. The third-order valence-electron chi connectivity index (χ3n) is 4.08. The Bertz CT molecular complexity index is 856. The van der Waals surface area contributed by atoms with E-state index in [0.717, 1.165) is 0 Å². The van der Waals surface area contributed by atoms with Crippen molar-refractivity contribution in [2.75, 3.05) is 31.2 Å². The number of aromatic nitrogens is 2. The van der Waals surface area contributed by atoms with Crippen LogP contribution in [-0.2, 0) is 9.53 Å². The Kier molecular flexibility index (Phi) is 5.48. The number of anilines is 1. The topological polar surface area (TPSA) is 84.8 Å². The van der Waals surface area contributed by atoms with Crippen LogP contribution in [0.15, 0.2) is 24.3 Å². The van der Waals surface area contributed by atoms with Crippen LogP contribution in [0.25, 0.3) is 11.4 Å². The van der Waals surface area contributed by atoms with Crippen LogP contribution in [-0.4, -0.2) is 52.9 Å². The number of morpholine rings is 1. The molecule has 7 nitrogen and oxygen atoms in total. The van der Waals surface area contributed by atoms with E-state index in [-0.39, 0.29) is 16.7 Å². The highest BCUT2D eigenvalue weighted by Crippen LogP contribution is 2.28. The molecule has 1 saturated heterocycles. The van der Waals surface area contributed by atoms with Crippen molar-refractivity contribution in [2.24, 2.45) is 0 Å². The first kappa shape index (κ1) is 19.3. The third kappa shape index (κ3) is 4.45. The zero-order valence-corrected chi connectivity index (χ0v) is 15.7. The Morgan fingerprint density at radius 3 is 2.63 bits per heavy atom. The lowest BCUT2D eigenvalue weighted by molar-refractivity contribution is -0.152. The van der Waals surface area contributed by atoms with E-state index in [1.54, 1.807) is 12.1 Å². The van der Waals surface area contributed by atoms with Crippen LogP contribution in [0.3, 0.4) is 0 Å². The van der Waals surface area contributed by atoms with E-state index in [2.05, 4.69) is 9.97 Å². The molecule has 0 spiro atoms. The van der Waals surface area contributed by atoms with Gasteiger partial charge in [-0.25, -0.2) is 14.2 Å². The second kappa shape index (κ2) is 7.66. The molecular formula is C18H19ClFN3O4. The second-order valence-corrected chi connectivity index (χ2v) is 6.94. The first-order chi connectivity index (χ1) is 12.8. The Hall–Kier alpha value is -2.45. The summed E-state index contributed by atoms with van der Waals surface area (Å²) in [6, 6.07) is 5.81. The molecule has 2 aromatic rings. The van der Waals surface area contributed by atoms with Crippen molar-refractivity contribution in [3.63, 3.8) is 0 Å². The number of carbonyl (C=O) groups is 1. The molecule has 2 heterocycles. The fraction of sp³-hybridized carbons (Fsp3) is 0.389. The maximum atomic E-state index is 13.9. The molecule has 9 heteroatoms. The normalized spacial score (nSPS) is 14.9. The predicted octanol–water partition coefficient (Wildman–Crippen LogP) is 3.01. The first-order valence-corrected chi connectivity index (χ1v) is 8.74. The van der Waals surface area contributed by atoms with E-state index in [4.69, 9.17) is 21.1 Å². The molecule has 0 unspecified atom stereocenters. The van der Waals surface area contributed by atoms with Crippen LogP contribution < -0.4 is 9.64 Å². The molecule has 1 aliphatic heterocycles. The van der Waals surface area contributed by atoms with Crippen LogP contribution in [0.4, 0.5) is 10.2 Å². The molecule has 144 valence electrons. The van der Waals surface area contributed by atoms with Gasteiger partial charge in [-0.15, -0.1) is 0 Å². The van der Waals surface area contributed by atoms with Crippen molar-refractivity contribution < 1.29 is 23.8 Å². The highest BCUT2D eigenvalue weighted by atomic mass is 35.5.